The maximum atomic E-state index is 13.3. The molecule has 0 unspecified atom stereocenters. The molecule has 3 atom stereocenters. The van der Waals surface area contributed by atoms with Gasteiger partial charge in [-0.25, -0.2) is 23.9 Å². The van der Waals surface area contributed by atoms with E-state index in [1.165, 1.54) is 0 Å². The standard InChI is InChI=1S/C24H25FN8O2/c1-13-11-32(5-6-35-13)14-3-4-21-30-23(31-33(21)12-14)18-10-28-22(26-2)17-9-27-20(8-15(17)18)29-24(34)16-7-19(16)25/h3-4,8-10,12-13,16,19H,5-7,11H2,1-2H3,(H,26,28)(H,27,29,34)/t13-,16-,19+/m1/s1. The van der Waals surface area contributed by atoms with Crippen LogP contribution >= 0.6 is 0 Å². The number of hydrogen-bond donors (Lipinski definition) is 2. The highest BCUT2D eigenvalue weighted by molar-refractivity contribution is 6.03. The van der Waals surface area contributed by atoms with Crippen molar-refractivity contribution in [3.05, 3.63) is 36.8 Å². The summed E-state index contributed by atoms with van der Waals surface area (Å²) in [4.78, 5) is 28.1. The van der Waals surface area contributed by atoms with Gasteiger partial charge in [-0.15, -0.1) is 5.10 Å². The van der Waals surface area contributed by atoms with Crippen LogP contribution in [0.1, 0.15) is 13.3 Å². The van der Waals surface area contributed by atoms with Crippen molar-refractivity contribution in [2.24, 2.45) is 5.92 Å². The van der Waals surface area contributed by atoms with Gasteiger partial charge in [0.05, 0.1) is 30.5 Å². The Hall–Kier alpha value is -3.86. The van der Waals surface area contributed by atoms with Crippen molar-refractivity contribution in [1.82, 2.24) is 24.6 Å². The zero-order valence-corrected chi connectivity index (χ0v) is 19.4. The molecule has 4 aromatic heterocycles. The molecule has 11 heteroatoms. The second-order valence-electron chi connectivity index (χ2n) is 8.99. The van der Waals surface area contributed by atoms with E-state index in [0.29, 0.717) is 35.3 Å². The SMILES string of the molecule is CNc1ncc(-c2nc3ccc(N4CCO[C@H](C)C4)cn3n2)c2cc(NC(=O)[C@@H]3C[C@@H]3F)ncc12. The minimum absolute atomic E-state index is 0.174. The number of anilines is 3. The fraction of sp³-hybridized carbons (Fsp3) is 0.375. The number of alkyl halides is 1. The second kappa shape index (κ2) is 8.42. The fourth-order valence-electron chi connectivity index (χ4n) is 4.46. The molecular formula is C24H25FN8O2. The average Bonchev–Trinajstić information content (AvgIpc) is 3.45. The van der Waals surface area contributed by atoms with Gasteiger partial charge in [-0.1, -0.05) is 0 Å². The molecule has 1 aliphatic carbocycles. The first-order valence-corrected chi connectivity index (χ1v) is 11.6. The zero-order valence-electron chi connectivity index (χ0n) is 19.4. The van der Waals surface area contributed by atoms with E-state index in [2.05, 4.69) is 32.4 Å². The molecule has 1 saturated heterocycles. The quantitative estimate of drug-likeness (QED) is 0.453. The van der Waals surface area contributed by atoms with E-state index in [1.807, 2.05) is 18.3 Å². The Balaban J connectivity index is 1.39. The maximum absolute atomic E-state index is 13.3. The number of carbonyl (C=O) groups is 1. The molecule has 2 aliphatic rings. The molecule has 1 amide bonds. The molecule has 180 valence electrons. The smallest absolute Gasteiger partial charge is 0.231 e. The Morgan fingerprint density at radius 2 is 2.09 bits per heavy atom. The predicted octanol–water partition coefficient (Wildman–Crippen LogP) is 2.90. The maximum Gasteiger partial charge on any atom is 0.231 e. The molecule has 0 aromatic carbocycles. The monoisotopic (exact) mass is 476 g/mol. The molecule has 35 heavy (non-hydrogen) atoms. The van der Waals surface area contributed by atoms with Crippen LogP contribution in [0.25, 0.3) is 27.8 Å². The van der Waals surface area contributed by atoms with Crippen LogP contribution in [-0.2, 0) is 9.53 Å². The lowest BCUT2D eigenvalue weighted by molar-refractivity contribution is -0.117. The van der Waals surface area contributed by atoms with Gasteiger partial charge in [-0.05, 0) is 31.5 Å². The van der Waals surface area contributed by atoms with Crippen LogP contribution in [0, 0.1) is 5.92 Å². The molecule has 4 aromatic rings. The van der Waals surface area contributed by atoms with E-state index < -0.39 is 12.1 Å². The lowest BCUT2D eigenvalue weighted by atomic mass is 10.1. The van der Waals surface area contributed by atoms with Crippen LogP contribution in [-0.4, -0.2) is 69.5 Å². The van der Waals surface area contributed by atoms with E-state index in [0.717, 1.165) is 29.5 Å². The third kappa shape index (κ3) is 4.01. The number of nitrogens with zero attached hydrogens (tertiary/aromatic N) is 6. The summed E-state index contributed by atoms with van der Waals surface area (Å²) in [7, 11) is 1.78. The van der Waals surface area contributed by atoms with Gasteiger partial charge >= 0.3 is 0 Å². The van der Waals surface area contributed by atoms with Gasteiger partial charge in [-0.3, -0.25) is 4.79 Å². The molecule has 10 nitrogen and oxygen atoms in total. The molecule has 2 fully saturated rings. The molecule has 0 radical (unpaired) electrons. The number of amides is 1. The first-order chi connectivity index (χ1) is 17.0. The predicted molar refractivity (Wildman–Crippen MR) is 130 cm³/mol. The number of ether oxygens (including phenoxy) is 1. The molecule has 0 spiro atoms. The van der Waals surface area contributed by atoms with E-state index in [1.54, 1.807) is 30.0 Å². The fourth-order valence-corrected chi connectivity index (χ4v) is 4.46. The first-order valence-electron chi connectivity index (χ1n) is 11.6. The summed E-state index contributed by atoms with van der Waals surface area (Å²) in [6.07, 6.45) is 4.68. The van der Waals surface area contributed by atoms with Gasteiger partial charge < -0.3 is 20.3 Å². The molecule has 1 aliphatic heterocycles. The summed E-state index contributed by atoms with van der Waals surface area (Å²) < 4.78 is 20.7. The van der Waals surface area contributed by atoms with Crippen molar-refractivity contribution < 1.29 is 13.9 Å². The molecule has 5 heterocycles. The lowest BCUT2D eigenvalue weighted by Gasteiger charge is -2.32. The Kier molecular flexibility index (Phi) is 5.21. The molecule has 2 N–H and O–H groups in total. The zero-order chi connectivity index (χ0) is 24.1. The second-order valence-corrected chi connectivity index (χ2v) is 8.99. The number of rotatable bonds is 5. The lowest BCUT2D eigenvalue weighted by Crippen LogP contribution is -2.41. The van der Waals surface area contributed by atoms with E-state index >= 15 is 0 Å². The summed E-state index contributed by atoms with van der Waals surface area (Å²) in [5, 5.41) is 12.1. The van der Waals surface area contributed by atoms with Crippen LogP contribution in [0.3, 0.4) is 0 Å². The van der Waals surface area contributed by atoms with Crippen LogP contribution in [0.4, 0.5) is 21.7 Å². The van der Waals surface area contributed by atoms with Crippen molar-refractivity contribution >= 4 is 39.6 Å². The largest absolute Gasteiger partial charge is 0.375 e. The van der Waals surface area contributed by atoms with Crippen LogP contribution < -0.4 is 15.5 Å². The molecule has 6 rings (SSSR count). The molecule has 1 saturated carbocycles. The number of pyridine rings is 3. The Morgan fingerprint density at radius 3 is 2.86 bits per heavy atom. The number of hydrogen-bond acceptors (Lipinski definition) is 8. The van der Waals surface area contributed by atoms with Crippen molar-refractivity contribution in [1.29, 1.82) is 0 Å². The summed E-state index contributed by atoms with van der Waals surface area (Å²) in [6.45, 7) is 4.40. The highest BCUT2D eigenvalue weighted by Crippen LogP contribution is 2.35. The first kappa shape index (κ1) is 21.7. The van der Waals surface area contributed by atoms with E-state index in [9.17, 15) is 9.18 Å². The van der Waals surface area contributed by atoms with Gasteiger partial charge in [0.25, 0.3) is 0 Å². The number of halogens is 1. The normalized spacial score (nSPS) is 21.9. The van der Waals surface area contributed by atoms with E-state index in [4.69, 9.17) is 14.8 Å². The van der Waals surface area contributed by atoms with Gasteiger partial charge in [0.1, 0.15) is 17.8 Å². The van der Waals surface area contributed by atoms with E-state index in [-0.39, 0.29) is 18.4 Å². The Bertz CT molecular complexity index is 1440. The summed E-state index contributed by atoms with van der Waals surface area (Å²) in [6, 6.07) is 5.74. The third-order valence-corrected chi connectivity index (χ3v) is 6.47. The van der Waals surface area contributed by atoms with Gasteiger partial charge in [0.15, 0.2) is 11.5 Å². The number of carbonyl (C=O) groups excluding carboxylic acids is 1. The Morgan fingerprint density at radius 1 is 1.23 bits per heavy atom. The van der Waals surface area contributed by atoms with Crippen LogP contribution in [0.2, 0.25) is 0 Å². The van der Waals surface area contributed by atoms with Crippen molar-refractivity contribution in [2.45, 2.75) is 25.6 Å². The van der Waals surface area contributed by atoms with Crippen molar-refractivity contribution in [2.75, 3.05) is 42.3 Å². The minimum Gasteiger partial charge on any atom is -0.375 e. The summed E-state index contributed by atoms with van der Waals surface area (Å²) in [5.74, 6) is 0.550. The van der Waals surface area contributed by atoms with Crippen molar-refractivity contribution in [3.8, 4) is 11.4 Å². The third-order valence-electron chi connectivity index (χ3n) is 6.47. The van der Waals surface area contributed by atoms with Crippen molar-refractivity contribution in [3.63, 3.8) is 0 Å². The highest BCUT2D eigenvalue weighted by Gasteiger charge is 2.43. The van der Waals surface area contributed by atoms with Gasteiger partial charge in [-0.2, -0.15) is 0 Å². The highest BCUT2D eigenvalue weighted by atomic mass is 19.1. The Labute approximate surface area is 200 Å². The van der Waals surface area contributed by atoms with Crippen LogP contribution in [0.15, 0.2) is 36.8 Å². The molecular weight excluding hydrogens is 451 g/mol. The average molecular weight is 477 g/mol. The molecule has 0 bridgehead atoms. The summed E-state index contributed by atoms with van der Waals surface area (Å²) in [5.41, 5.74) is 2.47. The minimum atomic E-state index is -1.07. The van der Waals surface area contributed by atoms with Crippen LogP contribution in [0.5, 0.6) is 0 Å². The number of aromatic nitrogens is 5. The topological polar surface area (TPSA) is 110 Å². The van der Waals surface area contributed by atoms with Gasteiger partial charge in [0, 0.05) is 48.9 Å². The number of morpholine rings is 1. The van der Waals surface area contributed by atoms with Gasteiger partial charge in [0.2, 0.25) is 5.91 Å². The summed E-state index contributed by atoms with van der Waals surface area (Å²) >= 11 is 0. The number of fused-ring (bicyclic) bond motifs is 2. The number of nitrogens with one attached hydrogen (secondary N) is 2.